The van der Waals surface area contributed by atoms with E-state index in [-0.39, 0.29) is 18.2 Å². The zero-order chi connectivity index (χ0) is 11.6. The Morgan fingerprint density at radius 2 is 1.88 bits per heavy atom. The van der Waals surface area contributed by atoms with Crippen LogP contribution in [0.2, 0.25) is 0 Å². The van der Waals surface area contributed by atoms with Crippen molar-refractivity contribution >= 4 is 11.5 Å². The van der Waals surface area contributed by atoms with E-state index in [0.29, 0.717) is 22.3 Å². The number of carbonyl (C=O) groups is 1. The van der Waals surface area contributed by atoms with Crippen molar-refractivity contribution < 1.29 is 21.7 Å². The van der Waals surface area contributed by atoms with E-state index >= 15 is 0 Å². The smallest absolute Gasteiger partial charge is 0.216 e. The van der Waals surface area contributed by atoms with Crippen LogP contribution in [0.15, 0.2) is 18.2 Å². The number of nitrogens with zero attached hydrogens (tertiary/aromatic N) is 1. The molecule has 0 atom stereocenters. The summed E-state index contributed by atoms with van der Waals surface area (Å²) in [4.78, 5) is 11.9. The SMILES string of the molecule is Cc1ccc(C(=O)C[N+](C)(C)C)cc1N.[Cl-]. The van der Waals surface area contributed by atoms with Gasteiger partial charge in [-0.25, -0.2) is 0 Å². The van der Waals surface area contributed by atoms with E-state index in [2.05, 4.69) is 0 Å². The Bertz CT molecular complexity index is 383. The molecule has 0 unspecified atom stereocenters. The molecule has 0 spiro atoms. The lowest BCUT2D eigenvalue weighted by molar-refractivity contribution is -0.861. The van der Waals surface area contributed by atoms with Gasteiger partial charge in [0.2, 0.25) is 5.78 Å². The third-order valence-corrected chi connectivity index (χ3v) is 2.22. The first-order chi connectivity index (χ1) is 6.79. The van der Waals surface area contributed by atoms with Crippen molar-refractivity contribution in [2.24, 2.45) is 0 Å². The molecule has 0 aliphatic carbocycles. The van der Waals surface area contributed by atoms with Gasteiger partial charge in [-0.05, 0) is 18.6 Å². The number of halogens is 1. The van der Waals surface area contributed by atoms with Crippen molar-refractivity contribution in [1.29, 1.82) is 0 Å². The van der Waals surface area contributed by atoms with E-state index in [9.17, 15) is 4.79 Å². The van der Waals surface area contributed by atoms with Gasteiger partial charge in [-0.15, -0.1) is 0 Å². The highest BCUT2D eigenvalue weighted by Crippen LogP contribution is 2.14. The maximum Gasteiger partial charge on any atom is 0.216 e. The van der Waals surface area contributed by atoms with Crippen LogP contribution in [0.4, 0.5) is 5.69 Å². The Kier molecular flexibility index (Phi) is 4.97. The average molecular weight is 243 g/mol. The van der Waals surface area contributed by atoms with Gasteiger partial charge in [-0.1, -0.05) is 12.1 Å². The lowest BCUT2D eigenvalue weighted by Crippen LogP contribution is -3.00. The number of likely N-dealkylation sites (N-methyl/N-ethyl adjacent to an activating group) is 1. The molecule has 0 aliphatic rings. The van der Waals surface area contributed by atoms with E-state index in [1.54, 1.807) is 6.07 Å². The van der Waals surface area contributed by atoms with Gasteiger partial charge in [0, 0.05) is 11.3 Å². The minimum absolute atomic E-state index is 0. The first-order valence-corrected chi connectivity index (χ1v) is 4.99. The molecule has 0 heterocycles. The molecule has 0 aliphatic heterocycles. The number of rotatable bonds is 3. The Morgan fingerprint density at radius 1 is 1.31 bits per heavy atom. The molecule has 0 saturated carbocycles. The molecule has 4 heteroatoms. The molecular weight excluding hydrogens is 224 g/mol. The van der Waals surface area contributed by atoms with Gasteiger partial charge < -0.3 is 22.6 Å². The summed E-state index contributed by atoms with van der Waals surface area (Å²) in [6.07, 6.45) is 0. The van der Waals surface area contributed by atoms with Crippen LogP contribution in [-0.2, 0) is 0 Å². The van der Waals surface area contributed by atoms with Gasteiger partial charge in [0.25, 0.3) is 0 Å². The van der Waals surface area contributed by atoms with E-state index < -0.39 is 0 Å². The number of nitrogen functional groups attached to an aromatic ring is 1. The number of benzene rings is 1. The number of nitrogens with two attached hydrogens (primary N) is 1. The van der Waals surface area contributed by atoms with Crippen LogP contribution < -0.4 is 18.1 Å². The van der Waals surface area contributed by atoms with Crippen LogP contribution in [0.3, 0.4) is 0 Å². The van der Waals surface area contributed by atoms with Crippen molar-refractivity contribution in [3.63, 3.8) is 0 Å². The van der Waals surface area contributed by atoms with Crippen molar-refractivity contribution in [2.45, 2.75) is 6.92 Å². The fourth-order valence-corrected chi connectivity index (χ4v) is 1.34. The molecule has 0 radical (unpaired) electrons. The van der Waals surface area contributed by atoms with Crippen molar-refractivity contribution in [2.75, 3.05) is 33.4 Å². The molecule has 90 valence electrons. The Balaban J connectivity index is 0.00000225. The summed E-state index contributed by atoms with van der Waals surface area (Å²) in [7, 11) is 5.99. The predicted molar refractivity (Wildman–Crippen MR) is 62.8 cm³/mol. The van der Waals surface area contributed by atoms with Crippen LogP contribution in [0.5, 0.6) is 0 Å². The number of aryl methyl sites for hydroxylation is 1. The second-order valence-corrected chi connectivity index (χ2v) is 4.94. The summed E-state index contributed by atoms with van der Waals surface area (Å²) < 4.78 is 0.632. The molecule has 1 rings (SSSR count). The number of quaternary nitrogens is 1. The largest absolute Gasteiger partial charge is 1.00 e. The van der Waals surface area contributed by atoms with E-state index in [1.807, 2.05) is 40.2 Å². The summed E-state index contributed by atoms with van der Waals surface area (Å²) >= 11 is 0. The van der Waals surface area contributed by atoms with Crippen LogP contribution in [0.25, 0.3) is 0 Å². The molecule has 0 fully saturated rings. The van der Waals surface area contributed by atoms with Gasteiger partial charge in [0.05, 0.1) is 21.1 Å². The zero-order valence-corrected chi connectivity index (χ0v) is 11.0. The number of ketones is 1. The summed E-state index contributed by atoms with van der Waals surface area (Å²) in [5, 5.41) is 0. The highest BCUT2D eigenvalue weighted by Gasteiger charge is 2.16. The quantitative estimate of drug-likeness (QED) is 0.397. The molecule has 0 amide bonds. The summed E-state index contributed by atoms with van der Waals surface area (Å²) in [5.74, 6) is 0.134. The molecule has 3 nitrogen and oxygen atoms in total. The van der Waals surface area contributed by atoms with Crippen molar-refractivity contribution in [3.05, 3.63) is 29.3 Å². The Hall–Kier alpha value is -1.06. The van der Waals surface area contributed by atoms with Crippen LogP contribution in [-0.4, -0.2) is 38.0 Å². The minimum atomic E-state index is 0. The summed E-state index contributed by atoms with van der Waals surface area (Å²) in [6, 6.07) is 5.48. The third-order valence-electron chi connectivity index (χ3n) is 2.22. The fourth-order valence-electron chi connectivity index (χ4n) is 1.34. The van der Waals surface area contributed by atoms with Gasteiger partial charge in [-0.3, -0.25) is 4.79 Å². The number of carbonyl (C=O) groups excluding carboxylic acids is 1. The summed E-state index contributed by atoms with van der Waals surface area (Å²) in [6.45, 7) is 2.42. The molecule has 2 N–H and O–H groups in total. The van der Waals surface area contributed by atoms with Crippen LogP contribution >= 0.6 is 0 Å². The van der Waals surface area contributed by atoms with E-state index in [4.69, 9.17) is 5.73 Å². The molecule has 0 aromatic heterocycles. The minimum Gasteiger partial charge on any atom is -1.00 e. The molecule has 1 aromatic carbocycles. The Labute approximate surface area is 103 Å². The number of hydrogen-bond acceptors (Lipinski definition) is 2. The van der Waals surface area contributed by atoms with Crippen molar-refractivity contribution in [1.82, 2.24) is 0 Å². The molecule has 1 aromatic rings. The number of Topliss-reactive ketones (excluding diaryl/α,β-unsaturated/α-hetero) is 1. The fraction of sp³-hybridized carbons (Fsp3) is 0.417. The first-order valence-electron chi connectivity index (χ1n) is 4.99. The topological polar surface area (TPSA) is 43.1 Å². The second-order valence-electron chi connectivity index (χ2n) is 4.94. The Morgan fingerprint density at radius 3 is 2.31 bits per heavy atom. The monoisotopic (exact) mass is 242 g/mol. The molecule has 16 heavy (non-hydrogen) atoms. The highest BCUT2D eigenvalue weighted by atomic mass is 35.5. The third kappa shape index (κ3) is 4.21. The van der Waals surface area contributed by atoms with Gasteiger partial charge in [0.15, 0.2) is 0 Å². The van der Waals surface area contributed by atoms with E-state index in [1.165, 1.54) is 0 Å². The lowest BCUT2D eigenvalue weighted by Gasteiger charge is -2.22. The maximum atomic E-state index is 11.9. The van der Waals surface area contributed by atoms with Gasteiger partial charge in [-0.2, -0.15) is 0 Å². The second kappa shape index (κ2) is 5.32. The average Bonchev–Trinajstić information content (AvgIpc) is 2.06. The predicted octanol–water partition coefficient (Wildman–Crippen LogP) is -1.53. The van der Waals surface area contributed by atoms with Gasteiger partial charge >= 0.3 is 0 Å². The number of anilines is 1. The summed E-state index contributed by atoms with van der Waals surface area (Å²) in [5.41, 5.74) is 8.16. The van der Waals surface area contributed by atoms with Gasteiger partial charge in [0.1, 0.15) is 6.54 Å². The maximum absolute atomic E-state index is 11.9. The zero-order valence-electron chi connectivity index (χ0n) is 10.2. The standard InChI is InChI=1S/C12H19N2O.ClH/c1-9-5-6-10(7-11(9)13)12(15)8-14(2,3)4;/h5-7H,8,13H2,1-4H3;1H/q+1;/p-1. The van der Waals surface area contributed by atoms with Crippen molar-refractivity contribution in [3.8, 4) is 0 Å². The number of hydrogen-bond donors (Lipinski definition) is 1. The van der Waals surface area contributed by atoms with Crippen LogP contribution in [0, 0.1) is 6.92 Å². The van der Waals surface area contributed by atoms with E-state index in [0.717, 1.165) is 5.56 Å². The normalized spacial score (nSPS) is 10.8. The molecular formula is C12H19ClN2O. The van der Waals surface area contributed by atoms with Crippen LogP contribution in [0.1, 0.15) is 15.9 Å². The molecule has 0 saturated heterocycles. The first kappa shape index (κ1) is 14.9. The highest BCUT2D eigenvalue weighted by molar-refractivity contribution is 5.97. The lowest BCUT2D eigenvalue weighted by atomic mass is 10.1. The molecule has 0 bridgehead atoms.